The number of rotatable bonds is 19. The predicted octanol–water partition coefficient (Wildman–Crippen LogP) is 11.2. The van der Waals surface area contributed by atoms with E-state index in [1.54, 1.807) is 12.1 Å². The summed E-state index contributed by atoms with van der Waals surface area (Å²) in [6.07, 6.45) is -1.79. The lowest BCUT2D eigenvalue weighted by atomic mass is 9.91. The molecular weight excluding hydrogens is 715 g/mol. The minimum absolute atomic E-state index is 0.126. The van der Waals surface area contributed by atoms with Crippen molar-refractivity contribution in [3.05, 3.63) is 59.7 Å². The van der Waals surface area contributed by atoms with Crippen molar-refractivity contribution >= 4 is 5.97 Å². The Morgan fingerprint density at radius 1 is 0.520 bits per heavy atom. The highest BCUT2D eigenvalue weighted by molar-refractivity contribution is 5.79. The fourth-order valence-corrected chi connectivity index (χ4v) is 4.62. The Hall–Kier alpha value is -3.65. The summed E-state index contributed by atoms with van der Waals surface area (Å²) in [5.74, 6) is -51.8. The van der Waals surface area contributed by atoms with Crippen LogP contribution in [0.25, 0.3) is 11.1 Å². The minimum Gasteiger partial charge on any atom is -0.461 e. The van der Waals surface area contributed by atoms with E-state index in [1.165, 1.54) is 0 Å². The van der Waals surface area contributed by atoms with Crippen LogP contribution in [-0.2, 0) is 16.0 Å². The molecule has 2 rings (SSSR count). The van der Waals surface area contributed by atoms with E-state index in [-0.39, 0.29) is 12.8 Å². The summed E-state index contributed by atoms with van der Waals surface area (Å²) in [6.45, 7) is -1.15. The third-order valence-corrected chi connectivity index (χ3v) is 7.73. The van der Waals surface area contributed by atoms with Crippen LogP contribution in [0.1, 0.15) is 68.9 Å². The monoisotopic (exact) mass is 745 g/mol. The molecule has 0 bridgehead atoms. The summed E-state index contributed by atoms with van der Waals surface area (Å²) in [7, 11) is 0. The number of aryl methyl sites for hydroxylation is 1. The average Bonchev–Trinajstić information content (AvgIpc) is 3.04. The maximum Gasteiger partial charge on any atom is 0.460 e. The van der Waals surface area contributed by atoms with Crippen molar-refractivity contribution < 1.29 is 75.4 Å². The zero-order chi connectivity index (χ0) is 38.2. The molecule has 0 amide bonds. The second-order valence-electron chi connectivity index (χ2n) is 11.4. The maximum absolute atomic E-state index is 13.8. The van der Waals surface area contributed by atoms with E-state index in [0.717, 1.165) is 55.2 Å². The van der Waals surface area contributed by atoms with Crippen LogP contribution < -0.4 is 0 Å². The Labute approximate surface area is 276 Å². The van der Waals surface area contributed by atoms with Crippen molar-refractivity contribution in [2.45, 2.75) is 106 Å². The zero-order valence-electron chi connectivity index (χ0n) is 25.8. The standard InChI is InChI=1S/C32H30F15NO2/c33-26(34,27(35,36)28(37,38)29(39,40)30(41,42)31(43,44)32(45,46)47)25(49)50-19-9-7-5-3-1-2-4-6-8-10-21-11-15-23(16-12-21)24-17-13-22(20-48)14-18-24/h11-18H,1-10,19H2. The van der Waals surface area contributed by atoms with Gasteiger partial charge < -0.3 is 4.74 Å². The summed E-state index contributed by atoms with van der Waals surface area (Å²) in [6, 6.07) is 17.2. The van der Waals surface area contributed by atoms with Gasteiger partial charge in [0.15, 0.2) is 0 Å². The predicted molar refractivity (Wildman–Crippen MR) is 149 cm³/mol. The minimum atomic E-state index is -8.45. The van der Waals surface area contributed by atoms with E-state index in [9.17, 15) is 70.7 Å². The molecule has 0 aliphatic carbocycles. The molecule has 2 aromatic rings. The molecule has 0 spiro atoms. The summed E-state index contributed by atoms with van der Waals surface area (Å²) in [5, 5.41) is 8.89. The first-order chi connectivity index (χ1) is 22.9. The van der Waals surface area contributed by atoms with E-state index in [1.807, 2.05) is 36.4 Å². The number of carbonyl (C=O) groups is 1. The number of unbranched alkanes of at least 4 members (excludes halogenated alkanes) is 8. The first-order valence-electron chi connectivity index (χ1n) is 15.0. The van der Waals surface area contributed by atoms with Gasteiger partial charge in [-0.15, -0.1) is 0 Å². The summed E-state index contributed by atoms with van der Waals surface area (Å²) < 4.78 is 202. The van der Waals surface area contributed by atoms with Gasteiger partial charge in [-0.25, -0.2) is 4.79 Å². The smallest absolute Gasteiger partial charge is 0.460 e. The molecule has 0 aliphatic rings. The number of halogens is 15. The van der Waals surface area contributed by atoms with Gasteiger partial charge in [0.05, 0.1) is 18.2 Å². The van der Waals surface area contributed by atoms with Crippen LogP contribution in [-0.4, -0.2) is 54.3 Å². The lowest BCUT2D eigenvalue weighted by molar-refractivity contribution is -0.450. The quantitative estimate of drug-likeness (QED) is 0.0817. The highest BCUT2D eigenvalue weighted by Crippen LogP contribution is 2.62. The third-order valence-electron chi connectivity index (χ3n) is 7.73. The lowest BCUT2D eigenvalue weighted by Gasteiger charge is -2.40. The topological polar surface area (TPSA) is 50.1 Å². The Morgan fingerprint density at radius 2 is 0.900 bits per heavy atom. The van der Waals surface area contributed by atoms with Gasteiger partial charge in [-0.3, -0.25) is 0 Å². The Morgan fingerprint density at radius 3 is 1.34 bits per heavy atom. The summed E-state index contributed by atoms with van der Waals surface area (Å²) in [4.78, 5) is 11.4. The molecule has 2 aromatic carbocycles. The number of hydrogen-bond donors (Lipinski definition) is 0. The number of carbonyl (C=O) groups excluding carboxylic acids is 1. The van der Waals surface area contributed by atoms with Crippen molar-refractivity contribution in [1.82, 2.24) is 0 Å². The highest BCUT2D eigenvalue weighted by Gasteiger charge is 2.94. The van der Waals surface area contributed by atoms with E-state index >= 15 is 0 Å². The van der Waals surface area contributed by atoms with Crippen LogP contribution >= 0.6 is 0 Å². The van der Waals surface area contributed by atoms with Crippen LogP contribution in [0.15, 0.2) is 48.5 Å². The zero-order valence-corrected chi connectivity index (χ0v) is 25.8. The Kier molecular flexibility index (Phi) is 13.7. The number of nitriles is 1. The number of esters is 1. The van der Waals surface area contributed by atoms with Crippen LogP contribution in [0.5, 0.6) is 0 Å². The van der Waals surface area contributed by atoms with E-state index in [0.29, 0.717) is 18.4 Å². The Bertz CT molecular complexity index is 1430. The Balaban J connectivity index is 1.71. The molecular formula is C32H30F15NO2. The third kappa shape index (κ3) is 8.79. The normalized spacial score (nSPS) is 13.6. The molecule has 0 saturated carbocycles. The van der Waals surface area contributed by atoms with Crippen molar-refractivity contribution in [3.63, 3.8) is 0 Å². The molecule has 0 saturated heterocycles. The van der Waals surface area contributed by atoms with Crippen molar-refractivity contribution in [1.29, 1.82) is 5.26 Å². The SMILES string of the molecule is N#Cc1ccc(-c2ccc(CCCCCCCCCCCOC(=O)C(F)(F)C(F)(F)C(F)(F)C(F)(F)C(F)(F)C(F)(F)C(F)(F)F)cc2)cc1. The molecule has 0 atom stereocenters. The van der Waals surface area contributed by atoms with Gasteiger partial charge in [0, 0.05) is 0 Å². The van der Waals surface area contributed by atoms with Gasteiger partial charge in [0.2, 0.25) is 0 Å². The lowest BCUT2D eigenvalue weighted by Crippen LogP contribution is -2.73. The molecule has 0 N–H and O–H groups in total. The number of hydrogen-bond acceptors (Lipinski definition) is 3. The number of benzene rings is 2. The molecule has 3 nitrogen and oxygen atoms in total. The fraction of sp³-hybridized carbons (Fsp3) is 0.562. The highest BCUT2D eigenvalue weighted by atomic mass is 19.4. The first-order valence-corrected chi connectivity index (χ1v) is 15.0. The van der Waals surface area contributed by atoms with Crippen molar-refractivity contribution in [2.75, 3.05) is 6.61 Å². The van der Waals surface area contributed by atoms with E-state index in [4.69, 9.17) is 5.26 Å². The molecule has 0 heterocycles. The second-order valence-corrected chi connectivity index (χ2v) is 11.4. The average molecular weight is 746 g/mol. The molecule has 0 fully saturated rings. The molecule has 0 unspecified atom stereocenters. The molecule has 0 aliphatic heterocycles. The molecule has 50 heavy (non-hydrogen) atoms. The van der Waals surface area contributed by atoms with Crippen molar-refractivity contribution in [3.8, 4) is 17.2 Å². The maximum atomic E-state index is 13.8. The van der Waals surface area contributed by atoms with E-state index in [2.05, 4.69) is 10.8 Å². The van der Waals surface area contributed by atoms with Gasteiger partial charge in [-0.1, -0.05) is 81.3 Å². The van der Waals surface area contributed by atoms with Crippen LogP contribution in [0.4, 0.5) is 65.9 Å². The fourth-order valence-electron chi connectivity index (χ4n) is 4.62. The number of ether oxygens (including phenoxy) is 1. The molecule has 0 aromatic heterocycles. The molecule has 18 heteroatoms. The van der Waals surface area contributed by atoms with E-state index < -0.39 is 54.3 Å². The van der Waals surface area contributed by atoms with Crippen molar-refractivity contribution in [2.24, 2.45) is 0 Å². The van der Waals surface area contributed by atoms with Crippen LogP contribution in [0.2, 0.25) is 0 Å². The number of alkyl halides is 15. The van der Waals surface area contributed by atoms with Gasteiger partial charge in [-0.05, 0) is 48.1 Å². The summed E-state index contributed by atoms with van der Waals surface area (Å²) >= 11 is 0. The first kappa shape index (κ1) is 42.5. The summed E-state index contributed by atoms with van der Waals surface area (Å²) in [5.41, 5.74) is 3.70. The molecule has 280 valence electrons. The molecule has 0 radical (unpaired) electrons. The second kappa shape index (κ2) is 16.1. The van der Waals surface area contributed by atoms with Gasteiger partial charge in [0.25, 0.3) is 0 Å². The van der Waals surface area contributed by atoms with Gasteiger partial charge in [0.1, 0.15) is 0 Å². The van der Waals surface area contributed by atoms with Crippen LogP contribution in [0, 0.1) is 11.3 Å². The number of nitrogens with zero attached hydrogens (tertiary/aromatic N) is 1. The van der Waals surface area contributed by atoms with Crippen LogP contribution in [0.3, 0.4) is 0 Å². The van der Waals surface area contributed by atoms with Gasteiger partial charge >= 0.3 is 47.7 Å². The largest absolute Gasteiger partial charge is 0.461 e. The van der Waals surface area contributed by atoms with Gasteiger partial charge in [-0.2, -0.15) is 71.1 Å².